The molecule has 112 valence electrons. The summed E-state index contributed by atoms with van der Waals surface area (Å²) in [6.45, 7) is 0. The van der Waals surface area contributed by atoms with Gasteiger partial charge in [-0.05, 0) is 23.6 Å². The summed E-state index contributed by atoms with van der Waals surface area (Å²) in [7, 11) is 1.57. The summed E-state index contributed by atoms with van der Waals surface area (Å²) in [5, 5.41) is 14.4. The van der Waals surface area contributed by atoms with Crippen LogP contribution in [-0.2, 0) is 11.2 Å². The van der Waals surface area contributed by atoms with Crippen LogP contribution in [0.15, 0.2) is 45.5 Å². The zero-order valence-corrected chi connectivity index (χ0v) is 12.6. The lowest BCUT2D eigenvalue weighted by Crippen LogP contribution is -2.14. The minimum absolute atomic E-state index is 0.0222. The van der Waals surface area contributed by atoms with E-state index in [0.717, 1.165) is 5.56 Å². The fourth-order valence-corrected chi connectivity index (χ4v) is 2.50. The number of rotatable bonds is 5. The van der Waals surface area contributed by atoms with Gasteiger partial charge in [0.25, 0.3) is 0 Å². The molecule has 0 aliphatic carbocycles. The highest BCUT2D eigenvalue weighted by atomic mass is 32.1. The van der Waals surface area contributed by atoms with E-state index in [4.69, 9.17) is 9.15 Å². The summed E-state index contributed by atoms with van der Waals surface area (Å²) in [4.78, 5) is 12.0. The summed E-state index contributed by atoms with van der Waals surface area (Å²) in [6.07, 6.45) is 0.0222. The Morgan fingerprint density at radius 3 is 3.05 bits per heavy atom. The van der Waals surface area contributed by atoms with Crippen molar-refractivity contribution < 1.29 is 13.9 Å². The van der Waals surface area contributed by atoms with Gasteiger partial charge in [0.05, 0.1) is 7.11 Å². The Morgan fingerprint density at radius 1 is 1.36 bits per heavy atom. The van der Waals surface area contributed by atoms with E-state index in [-0.39, 0.29) is 18.2 Å². The highest BCUT2D eigenvalue weighted by Crippen LogP contribution is 2.21. The molecule has 0 saturated heterocycles. The van der Waals surface area contributed by atoms with Gasteiger partial charge in [-0.1, -0.05) is 6.07 Å². The number of nitrogens with one attached hydrogen (secondary N) is 1. The van der Waals surface area contributed by atoms with E-state index in [2.05, 4.69) is 15.5 Å². The van der Waals surface area contributed by atoms with Gasteiger partial charge in [0.2, 0.25) is 17.7 Å². The standard InChI is InChI=1S/C15H13N3O3S/c1-20-12-4-2-3-11(7-12)16-13(19)8-14-17-18-15(21-14)10-5-6-22-9-10/h2-7,9H,8H2,1H3,(H,16,19). The number of carbonyl (C=O) groups is 1. The van der Waals surface area contributed by atoms with Crippen LogP contribution in [0.5, 0.6) is 5.75 Å². The van der Waals surface area contributed by atoms with Gasteiger partial charge < -0.3 is 14.5 Å². The number of anilines is 1. The average molecular weight is 315 g/mol. The molecule has 0 aliphatic rings. The van der Waals surface area contributed by atoms with Crippen molar-refractivity contribution in [3.8, 4) is 17.2 Å². The van der Waals surface area contributed by atoms with Crippen LogP contribution in [0.2, 0.25) is 0 Å². The highest BCUT2D eigenvalue weighted by Gasteiger charge is 2.13. The first-order valence-corrected chi connectivity index (χ1v) is 7.48. The van der Waals surface area contributed by atoms with E-state index < -0.39 is 0 Å². The Kier molecular flexibility index (Phi) is 4.15. The van der Waals surface area contributed by atoms with Gasteiger partial charge in [0, 0.05) is 22.7 Å². The molecule has 7 heteroatoms. The Bertz CT molecular complexity index is 768. The molecule has 2 heterocycles. The Hall–Kier alpha value is -2.67. The summed E-state index contributed by atoms with van der Waals surface area (Å²) in [5.41, 5.74) is 1.51. The zero-order chi connectivity index (χ0) is 15.4. The predicted molar refractivity (Wildman–Crippen MR) is 82.9 cm³/mol. The van der Waals surface area contributed by atoms with Crippen LogP contribution in [0.4, 0.5) is 5.69 Å². The number of benzene rings is 1. The molecular weight excluding hydrogens is 302 g/mol. The van der Waals surface area contributed by atoms with Gasteiger partial charge in [-0.25, -0.2) is 0 Å². The number of thiophene rings is 1. The Labute approximate surface area is 130 Å². The van der Waals surface area contributed by atoms with Crippen molar-refractivity contribution >= 4 is 22.9 Å². The van der Waals surface area contributed by atoms with Crippen molar-refractivity contribution in [1.82, 2.24) is 10.2 Å². The number of amides is 1. The predicted octanol–water partition coefficient (Wildman–Crippen LogP) is 2.99. The van der Waals surface area contributed by atoms with Crippen LogP contribution in [0.25, 0.3) is 11.5 Å². The SMILES string of the molecule is COc1cccc(NC(=O)Cc2nnc(-c3ccsc3)o2)c1. The molecule has 0 atom stereocenters. The molecule has 22 heavy (non-hydrogen) atoms. The first-order valence-electron chi connectivity index (χ1n) is 6.53. The molecule has 0 fully saturated rings. The molecule has 0 saturated carbocycles. The molecule has 0 aliphatic heterocycles. The molecular formula is C15H13N3O3S. The van der Waals surface area contributed by atoms with E-state index >= 15 is 0 Å². The van der Waals surface area contributed by atoms with E-state index in [0.29, 0.717) is 17.3 Å². The largest absolute Gasteiger partial charge is 0.497 e. The Morgan fingerprint density at radius 2 is 2.27 bits per heavy atom. The lowest BCUT2D eigenvalue weighted by atomic mass is 10.3. The summed E-state index contributed by atoms with van der Waals surface area (Å²) in [5.74, 6) is 1.15. The van der Waals surface area contributed by atoms with Gasteiger partial charge in [0.1, 0.15) is 12.2 Å². The van der Waals surface area contributed by atoms with E-state index in [1.165, 1.54) is 0 Å². The third-order valence-corrected chi connectivity index (χ3v) is 3.58. The molecule has 1 aromatic carbocycles. The number of hydrogen-bond donors (Lipinski definition) is 1. The zero-order valence-electron chi connectivity index (χ0n) is 11.8. The van der Waals surface area contributed by atoms with Gasteiger partial charge in [-0.2, -0.15) is 11.3 Å². The van der Waals surface area contributed by atoms with Crippen molar-refractivity contribution in [2.45, 2.75) is 6.42 Å². The van der Waals surface area contributed by atoms with Crippen molar-refractivity contribution in [3.63, 3.8) is 0 Å². The molecule has 0 spiro atoms. The highest BCUT2D eigenvalue weighted by molar-refractivity contribution is 7.08. The van der Waals surface area contributed by atoms with Crippen molar-refractivity contribution in [2.24, 2.45) is 0 Å². The lowest BCUT2D eigenvalue weighted by molar-refractivity contribution is -0.115. The topological polar surface area (TPSA) is 77.2 Å². The molecule has 0 unspecified atom stereocenters. The van der Waals surface area contributed by atoms with Crippen molar-refractivity contribution in [1.29, 1.82) is 0 Å². The number of aromatic nitrogens is 2. The molecule has 6 nitrogen and oxygen atoms in total. The maximum atomic E-state index is 12.0. The summed E-state index contributed by atoms with van der Waals surface area (Å²) >= 11 is 1.54. The fraction of sp³-hybridized carbons (Fsp3) is 0.133. The molecule has 2 aromatic heterocycles. The second-order valence-corrected chi connectivity index (χ2v) is 5.25. The first kappa shape index (κ1) is 14.3. The minimum Gasteiger partial charge on any atom is -0.497 e. The van der Waals surface area contributed by atoms with Gasteiger partial charge in [-0.3, -0.25) is 4.79 Å². The van der Waals surface area contributed by atoms with Crippen molar-refractivity contribution in [3.05, 3.63) is 47.0 Å². The molecule has 0 bridgehead atoms. The molecule has 3 aromatic rings. The third kappa shape index (κ3) is 3.32. The fourth-order valence-electron chi connectivity index (χ4n) is 1.87. The normalized spacial score (nSPS) is 10.4. The second-order valence-electron chi connectivity index (χ2n) is 4.47. The maximum absolute atomic E-state index is 12.0. The number of ether oxygens (including phenoxy) is 1. The monoisotopic (exact) mass is 315 g/mol. The summed E-state index contributed by atoms with van der Waals surface area (Å²) < 4.78 is 10.6. The number of carbonyl (C=O) groups excluding carboxylic acids is 1. The van der Waals surface area contributed by atoms with Gasteiger partial charge in [0.15, 0.2) is 0 Å². The maximum Gasteiger partial charge on any atom is 0.248 e. The number of hydrogen-bond acceptors (Lipinski definition) is 6. The summed E-state index contributed by atoms with van der Waals surface area (Å²) in [6, 6.07) is 9.02. The van der Waals surface area contributed by atoms with E-state index in [1.54, 1.807) is 42.7 Å². The third-order valence-electron chi connectivity index (χ3n) is 2.90. The van der Waals surface area contributed by atoms with Crippen LogP contribution in [0, 0.1) is 0 Å². The van der Waals surface area contributed by atoms with Crippen LogP contribution < -0.4 is 10.1 Å². The van der Waals surface area contributed by atoms with Gasteiger partial charge >= 0.3 is 0 Å². The molecule has 1 amide bonds. The smallest absolute Gasteiger partial charge is 0.248 e. The number of nitrogens with zero attached hydrogens (tertiary/aromatic N) is 2. The quantitative estimate of drug-likeness (QED) is 0.783. The molecule has 1 N–H and O–H groups in total. The van der Waals surface area contributed by atoms with Crippen molar-refractivity contribution in [2.75, 3.05) is 12.4 Å². The average Bonchev–Trinajstić information content (AvgIpc) is 3.18. The van der Waals surface area contributed by atoms with E-state index in [9.17, 15) is 4.79 Å². The van der Waals surface area contributed by atoms with Crippen LogP contribution in [-0.4, -0.2) is 23.2 Å². The molecule has 3 rings (SSSR count). The van der Waals surface area contributed by atoms with Crippen LogP contribution in [0.1, 0.15) is 5.89 Å². The lowest BCUT2D eigenvalue weighted by Gasteiger charge is -2.05. The van der Waals surface area contributed by atoms with Gasteiger partial charge in [-0.15, -0.1) is 10.2 Å². The Balaban J connectivity index is 1.64. The first-order chi connectivity index (χ1) is 10.7. The van der Waals surface area contributed by atoms with Crippen LogP contribution in [0.3, 0.4) is 0 Å². The van der Waals surface area contributed by atoms with E-state index in [1.807, 2.05) is 16.8 Å². The molecule has 0 radical (unpaired) electrons. The minimum atomic E-state index is -0.228. The van der Waals surface area contributed by atoms with Crippen LogP contribution >= 0.6 is 11.3 Å². The number of methoxy groups -OCH3 is 1. The second kappa shape index (κ2) is 6.40.